The van der Waals surface area contributed by atoms with Crippen LogP contribution in [0.25, 0.3) is 0 Å². The van der Waals surface area contributed by atoms with Crippen LogP contribution in [0.5, 0.6) is 0 Å². The van der Waals surface area contributed by atoms with Crippen LogP contribution in [0.4, 0.5) is 10.5 Å². The zero-order valence-corrected chi connectivity index (χ0v) is 13.8. The van der Waals surface area contributed by atoms with Crippen molar-refractivity contribution in [1.82, 2.24) is 10.9 Å². The molecule has 0 spiro atoms. The van der Waals surface area contributed by atoms with Crippen molar-refractivity contribution in [2.75, 3.05) is 12.4 Å². The number of esters is 1. The van der Waals surface area contributed by atoms with E-state index in [4.69, 9.17) is 4.74 Å². The number of benzene rings is 1. The van der Waals surface area contributed by atoms with Crippen LogP contribution in [0, 0.1) is 11.8 Å². The van der Waals surface area contributed by atoms with Crippen LogP contribution in [-0.4, -0.2) is 25.0 Å². The monoisotopic (exact) mass is 321 g/mol. The predicted molar refractivity (Wildman–Crippen MR) is 86.5 cm³/mol. The van der Waals surface area contributed by atoms with Gasteiger partial charge in [-0.3, -0.25) is 15.0 Å². The summed E-state index contributed by atoms with van der Waals surface area (Å²) in [6.07, 6.45) is 0.572. The summed E-state index contributed by atoms with van der Waals surface area (Å²) in [5.74, 6) is -0.625. The molecule has 0 aliphatic carbocycles. The molecule has 0 heterocycles. The molecule has 1 unspecified atom stereocenters. The van der Waals surface area contributed by atoms with E-state index in [-0.39, 0.29) is 23.7 Å². The van der Waals surface area contributed by atoms with Crippen molar-refractivity contribution in [2.45, 2.75) is 27.2 Å². The number of carbonyl (C=O) groups excluding carboxylic acids is 3. The molecule has 7 nitrogen and oxygen atoms in total. The van der Waals surface area contributed by atoms with Crippen LogP contribution < -0.4 is 16.2 Å². The number of carbonyl (C=O) groups is 3. The van der Waals surface area contributed by atoms with Crippen LogP contribution in [0.3, 0.4) is 0 Å². The Balaban J connectivity index is 2.63. The molecular weight excluding hydrogens is 298 g/mol. The van der Waals surface area contributed by atoms with E-state index in [0.29, 0.717) is 12.1 Å². The lowest BCUT2D eigenvalue weighted by atomic mass is 9.89. The fourth-order valence-electron chi connectivity index (χ4n) is 2.03. The van der Waals surface area contributed by atoms with Gasteiger partial charge in [-0.15, -0.1) is 0 Å². The first-order valence-corrected chi connectivity index (χ1v) is 7.33. The summed E-state index contributed by atoms with van der Waals surface area (Å²) in [5, 5.41) is 2.58. The van der Waals surface area contributed by atoms with Crippen molar-refractivity contribution in [2.24, 2.45) is 11.8 Å². The SMILES string of the molecule is COC(=O)C(Cc1ccc(NC(=O)NNC(C)=O)cc1)C(C)C. The topological polar surface area (TPSA) is 96.5 Å². The maximum atomic E-state index is 11.8. The van der Waals surface area contributed by atoms with Crippen LogP contribution in [0.1, 0.15) is 26.3 Å². The average Bonchev–Trinajstić information content (AvgIpc) is 2.51. The van der Waals surface area contributed by atoms with E-state index >= 15 is 0 Å². The van der Waals surface area contributed by atoms with E-state index in [0.717, 1.165) is 5.56 Å². The molecule has 0 saturated carbocycles. The van der Waals surface area contributed by atoms with Crippen LogP contribution >= 0.6 is 0 Å². The summed E-state index contributed by atoms with van der Waals surface area (Å²) in [7, 11) is 1.39. The van der Waals surface area contributed by atoms with Crippen molar-refractivity contribution < 1.29 is 19.1 Å². The summed E-state index contributed by atoms with van der Waals surface area (Å²) >= 11 is 0. The Hall–Kier alpha value is -2.57. The van der Waals surface area contributed by atoms with Gasteiger partial charge in [-0.05, 0) is 30.0 Å². The average molecular weight is 321 g/mol. The van der Waals surface area contributed by atoms with Crippen molar-refractivity contribution in [3.05, 3.63) is 29.8 Å². The Morgan fingerprint density at radius 2 is 1.70 bits per heavy atom. The molecule has 1 atom stereocenters. The van der Waals surface area contributed by atoms with E-state index < -0.39 is 6.03 Å². The van der Waals surface area contributed by atoms with E-state index in [1.54, 1.807) is 12.1 Å². The first-order chi connectivity index (χ1) is 10.8. The number of anilines is 1. The number of amides is 3. The second-order valence-electron chi connectivity index (χ2n) is 5.54. The number of hydrogen-bond donors (Lipinski definition) is 3. The maximum Gasteiger partial charge on any atom is 0.337 e. The largest absolute Gasteiger partial charge is 0.469 e. The highest BCUT2D eigenvalue weighted by Crippen LogP contribution is 2.20. The molecule has 23 heavy (non-hydrogen) atoms. The van der Waals surface area contributed by atoms with E-state index in [9.17, 15) is 14.4 Å². The summed E-state index contributed by atoms with van der Waals surface area (Å²) in [6.45, 7) is 5.25. The molecule has 1 aromatic carbocycles. The number of nitrogens with one attached hydrogen (secondary N) is 3. The molecule has 0 aliphatic rings. The van der Waals surface area contributed by atoms with Gasteiger partial charge in [0.25, 0.3) is 0 Å². The molecule has 0 aliphatic heterocycles. The fourth-order valence-corrected chi connectivity index (χ4v) is 2.03. The summed E-state index contributed by atoms with van der Waals surface area (Å²) in [6, 6.07) is 6.61. The minimum absolute atomic E-state index is 0.170. The lowest BCUT2D eigenvalue weighted by Gasteiger charge is -2.18. The van der Waals surface area contributed by atoms with Gasteiger partial charge >= 0.3 is 12.0 Å². The Labute approximate surface area is 135 Å². The normalized spacial score (nSPS) is 11.5. The van der Waals surface area contributed by atoms with Crippen LogP contribution in [0.2, 0.25) is 0 Å². The number of urea groups is 1. The van der Waals surface area contributed by atoms with Gasteiger partial charge < -0.3 is 10.1 Å². The molecule has 0 fully saturated rings. The van der Waals surface area contributed by atoms with Crippen LogP contribution in [0.15, 0.2) is 24.3 Å². The van der Waals surface area contributed by atoms with Crippen LogP contribution in [-0.2, 0) is 20.7 Å². The first-order valence-electron chi connectivity index (χ1n) is 7.33. The van der Waals surface area contributed by atoms with Crippen molar-refractivity contribution >= 4 is 23.6 Å². The van der Waals surface area contributed by atoms with Gasteiger partial charge in [0.05, 0.1) is 13.0 Å². The minimum Gasteiger partial charge on any atom is -0.469 e. The summed E-state index contributed by atoms with van der Waals surface area (Å²) < 4.78 is 4.83. The number of methoxy groups -OCH3 is 1. The standard InChI is InChI=1S/C16H23N3O4/c1-10(2)14(15(21)23-4)9-12-5-7-13(8-6-12)17-16(22)19-18-11(3)20/h5-8,10,14H,9H2,1-4H3,(H,18,20)(H2,17,19,22). The van der Waals surface area contributed by atoms with Gasteiger partial charge in [0.1, 0.15) is 0 Å². The predicted octanol–water partition coefficient (Wildman–Crippen LogP) is 1.85. The Kier molecular flexibility index (Phi) is 7.05. The highest BCUT2D eigenvalue weighted by molar-refractivity contribution is 5.90. The highest BCUT2D eigenvalue weighted by atomic mass is 16.5. The smallest absolute Gasteiger partial charge is 0.337 e. The first kappa shape index (κ1) is 18.5. The molecule has 1 aromatic rings. The number of ether oxygens (including phenoxy) is 1. The minimum atomic E-state index is -0.539. The fraction of sp³-hybridized carbons (Fsp3) is 0.438. The number of hydrogen-bond acceptors (Lipinski definition) is 4. The van der Waals surface area contributed by atoms with Gasteiger partial charge in [0.15, 0.2) is 0 Å². The molecule has 0 bridgehead atoms. The zero-order chi connectivity index (χ0) is 17.4. The Morgan fingerprint density at radius 1 is 1.09 bits per heavy atom. The van der Waals surface area contributed by atoms with Gasteiger partial charge in [-0.25, -0.2) is 10.2 Å². The van der Waals surface area contributed by atoms with Gasteiger partial charge in [0, 0.05) is 12.6 Å². The number of rotatable bonds is 5. The van der Waals surface area contributed by atoms with Gasteiger partial charge in [-0.2, -0.15) is 0 Å². The van der Waals surface area contributed by atoms with Crippen molar-refractivity contribution in [3.8, 4) is 0 Å². The lowest BCUT2D eigenvalue weighted by Crippen LogP contribution is -2.42. The lowest BCUT2D eigenvalue weighted by molar-refractivity contribution is -0.147. The number of hydrazine groups is 1. The quantitative estimate of drug-likeness (QED) is 0.569. The molecule has 1 rings (SSSR count). The third-order valence-electron chi connectivity index (χ3n) is 3.33. The zero-order valence-electron chi connectivity index (χ0n) is 13.8. The molecule has 0 saturated heterocycles. The second-order valence-corrected chi connectivity index (χ2v) is 5.54. The molecule has 3 N–H and O–H groups in total. The third kappa shape index (κ3) is 6.37. The van der Waals surface area contributed by atoms with Gasteiger partial charge in [-0.1, -0.05) is 26.0 Å². The molecule has 0 aromatic heterocycles. The van der Waals surface area contributed by atoms with Crippen molar-refractivity contribution in [1.29, 1.82) is 0 Å². The molecular formula is C16H23N3O4. The summed E-state index contributed by atoms with van der Waals surface area (Å²) in [5.41, 5.74) is 5.94. The van der Waals surface area contributed by atoms with E-state index in [1.807, 2.05) is 26.0 Å². The third-order valence-corrected chi connectivity index (χ3v) is 3.33. The van der Waals surface area contributed by atoms with E-state index in [1.165, 1.54) is 14.0 Å². The van der Waals surface area contributed by atoms with Crippen molar-refractivity contribution in [3.63, 3.8) is 0 Å². The highest BCUT2D eigenvalue weighted by Gasteiger charge is 2.23. The molecule has 126 valence electrons. The molecule has 7 heteroatoms. The maximum absolute atomic E-state index is 11.8. The van der Waals surface area contributed by atoms with Gasteiger partial charge in [0.2, 0.25) is 5.91 Å². The molecule has 3 amide bonds. The Bertz CT molecular complexity index is 555. The Morgan fingerprint density at radius 3 is 2.17 bits per heavy atom. The molecule has 0 radical (unpaired) electrons. The van der Waals surface area contributed by atoms with E-state index in [2.05, 4.69) is 16.2 Å². The second kappa shape index (κ2) is 8.77. The summed E-state index contributed by atoms with van der Waals surface area (Å²) in [4.78, 5) is 34.0.